The molecule has 0 saturated carbocycles. The van der Waals surface area contributed by atoms with Crippen molar-refractivity contribution in [2.75, 3.05) is 7.11 Å². The molecule has 0 atom stereocenters. The Morgan fingerprint density at radius 3 is 2.32 bits per heavy atom. The molecule has 0 spiro atoms. The van der Waals surface area contributed by atoms with Crippen LogP contribution in [0.3, 0.4) is 0 Å². The molecule has 0 aliphatic heterocycles. The monoisotopic (exact) mass is 257 g/mol. The molecule has 1 N–H and O–H groups in total. The van der Waals surface area contributed by atoms with Crippen LogP contribution in [0.1, 0.15) is 34.1 Å². The van der Waals surface area contributed by atoms with Crippen LogP contribution in [0.15, 0.2) is 24.3 Å². The van der Waals surface area contributed by atoms with Crippen LogP contribution in [-0.4, -0.2) is 18.1 Å². The summed E-state index contributed by atoms with van der Waals surface area (Å²) in [6.07, 6.45) is 1.02. The van der Waals surface area contributed by atoms with Crippen molar-refractivity contribution in [1.82, 2.24) is 4.98 Å². The third-order valence-electron chi connectivity index (χ3n) is 3.54. The Morgan fingerprint density at radius 2 is 1.84 bits per heavy atom. The van der Waals surface area contributed by atoms with Crippen molar-refractivity contribution in [1.29, 1.82) is 0 Å². The number of rotatable bonds is 3. The summed E-state index contributed by atoms with van der Waals surface area (Å²) < 4.78 is 4.70. The number of carbonyl (C=O) groups excluding carboxylic acids is 1. The Bertz CT molecular complexity index is 594. The normalized spacial score (nSPS) is 10.5. The molecule has 0 fully saturated rings. The van der Waals surface area contributed by atoms with Gasteiger partial charge in [0.05, 0.1) is 12.7 Å². The predicted molar refractivity (Wildman–Crippen MR) is 76.4 cm³/mol. The van der Waals surface area contributed by atoms with E-state index < -0.39 is 0 Å². The number of aromatic nitrogens is 1. The molecule has 0 radical (unpaired) electrons. The summed E-state index contributed by atoms with van der Waals surface area (Å²) in [5, 5.41) is 0. The van der Waals surface area contributed by atoms with Gasteiger partial charge in [0, 0.05) is 11.4 Å². The number of carbonyl (C=O) groups is 1. The number of esters is 1. The molecule has 2 aromatic rings. The number of H-pyrrole nitrogens is 1. The number of hydrogen-bond acceptors (Lipinski definition) is 2. The molecule has 0 amide bonds. The fourth-order valence-corrected chi connectivity index (χ4v) is 2.50. The van der Waals surface area contributed by atoms with Crippen LogP contribution in [0, 0.1) is 13.8 Å². The number of aryl methyl sites for hydroxylation is 1. The summed E-state index contributed by atoms with van der Waals surface area (Å²) in [5.41, 5.74) is 6.66. The van der Waals surface area contributed by atoms with Gasteiger partial charge >= 0.3 is 5.97 Å². The standard InChI is InChI=1S/C16H19NO2/c1-5-14-10(2)15(17-11(14)3)12-6-8-13(9-7-12)16(18)19-4/h6-9,17H,5H2,1-4H3. The molecule has 0 bridgehead atoms. The van der Waals surface area contributed by atoms with E-state index in [0.29, 0.717) is 5.56 Å². The molecule has 0 saturated heterocycles. The first-order chi connectivity index (χ1) is 9.08. The molecule has 3 heteroatoms. The SMILES string of the molecule is CCc1c(C)[nH]c(-c2ccc(C(=O)OC)cc2)c1C. The van der Waals surface area contributed by atoms with Crippen LogP contribution >= 0.6 is 0 Å². The average molecular weight is 257 g/mol. The van der Waals surface area contributed by atoms with E-state index in [1.54, 1.807) is 12.1 Å². The summed E-state index contributed by atoms with van der Waals surface area (Å²) in [4.78, 5) is 14.8. The number of hydrogen-bond donors (Lipinski definition) is 1. The van der Waals surface area contributed by atoms with Gasteiger partial charge in [0.1, 0.15) is 0 Å². The summed E-state index contributed by atoms with van der Waals surface area (Å²) in [6.45, 7) is 6.39. The minimum atomic E-state index is -0.305. The second kappa shape index (κ2) is 5.31. The molecule has 3 nitrogen and oxygen atoms in total. The second-order valence-corrected chi connectivity index (χ2v) is 4.65. The van der Waals surface area contributed by atoms with Crippen molar-refractivity contribution in [2.24, 2.45) is 0 Å². The maximum atomic E-state index is 11.4. The summed E-state index contributed by atoms with van der Waals surface area (Å²) in [5.74, 6) is -0.305. The Kier molecular flexibility index (Phi) is 3.74. The van der Waals surface area contributed by atoms with Gasteiger partial charge in [0.15, 0.2) is 0 Å². The van der Waals surface area contributed by atoms with E-state index in [9.17, 15) is 4.79 Å². The van der Waals surface area contributed by atoms with Crippen molar-refractivity contribution in [3.05, 3.63) is 46.6 Å². The van der Waals surface area contributed by atoms with E-state index in [2.05, 4.69) is 25.8 Å². The van der Waals surface area contributed by atoms with E-state index in [0.717, 1.165) is 17.7 Å². The quantitative estimate of drug-likeness (QED) is 0.853. The van der Waals surface area contributed by atoms with E-state index in [4.69, 9.17) is 4.74 Å². The van der Waals surface area contributed by atoms with Gasteiger partial charge in [0.25, 0.3) is 0 Å². The minimum absolute atomic E-state index is 0.305. The number of aromatic amines is 1. The van der Waals surface area contributed by atoms with Crippen LogP contribution in [0.2, 0.25) is 0 Å². The van der Waals surface area contributed by atoms with Crippen LogP contribution in [0.4, 0.5) is 0 Å². The molecule has 19 heavy (non-hydrogen) atoms. The molecule has 2 rings (SSSR count). The average Bonchev–Trinajstić information content (AvgIpc) is 2.72. The summed E-state index contributed by atoms with van der Waals surface area (Å²) in [7, 11) is 1.39. The summed E-state index contributed by atoms with van der Waals surface area (Å²) >= 11 is 0. The fourth-order valence-electron chi connectivity index (χ4n) is 2.50. The minimum Gasteiger partial charge on any atom is -0.465 e. The van der Waals surface area contributed by atoms with Crippen LogP contribution in [-0.2, 0) is 11.2 Å². The largest absolute Gasteiger partial charge is 0.465 e. The third-order valence-corrected chi connectivity index (χ3v) is 3.54. The molecule has 1 aromatic carbocycles. The molecule has 1 heterocycles. The zero-order valence-corrected chi connectivity index (χ0v) is 11.8. The maximum absolute atomic E-state index is 11.4. The molecule has 0 unspecified atom stereocenters. The van der Waals surface area contributed by atoms with Crippen LogP contribution in [0.5, 0.6) is 0 Å². The lowest BCUT2D eigenvalue weighted by molar-refractivity contribution is 0.0601. The Labute approximate surface area is 113 Å². The van der Waals surface area contributed by atoms with Gasteiger partial charge in [0.2, 0.25) is 0 Å². The summed E-state index contributed by atoms with van der Waals surface area (Å²) in [6, 6.07) is 7.48. The molecule has 0 aliphatic rings. The van der Waals surface area contributed by atoms with Crippen molar-refractivity contribution < 1.29 is 9.53 Å². The van der Waals surface area contributed by atoms with Gasteiger partial charge in [-0.2, -0.15) is 0 Å². The van der Waals surface area contributed by atoms with Gasteiger partial charge in [-0.1, -0.05) is 19.1 Å². The number of benzene rings is 1. The second-order valence-electron chi connectivity index (χ2n) is 4.65. The molecule has 1 aromatic heterocycles. The topological polar surface area (TPSA) is 42.1 Å². The highest BCUT2D eigenvalue weighted by atomic mass is 16.5. The molecular weight excluding hydrogens is 238 g/mol. The van der Waals surface area contributed by atoms with Crippen molar-refractivity contribution >= 4 is 5.97 Å². The first-order valence-electron chi connectivity index (χ1n) is 6.45. The smallest absolute Gasteiger partial charge is 0.337 e. The first-order valence-corrected chi connectivity index (χ1v) is 6.45. The number of methoxy groups -OCH3 is 1. The lowest BCUT2D eigenvalue weighted by atomic mass is 10.0. The number of ether oxygens (including phenoxy) is 1. The maximum Gasteiger partial charge on any atom is 0.337 e. The van der Waals surface area contributed by atoms with Gasteiger partial charge in [-0.15, -0.1) is 0 Å². The van der Waals surface area contributed by atoms with E-state index in [1.165, 1.54) is 23.9 Å². The highest BCUT2D eigenvalue weighted by Crippen LogP contribution is 2.27. The van der Waals surface area contributed by atoms with Gasteiger partial charge in [-0.3, -0.25) is 0 Å². The van der Waals surface area contributed by atoms with Crippen molar-refractivity contribution in [3.63, 3.8) is 0 Å². The zero-order chi connectivity index (χ0) is 14.0. The van der Waals surface area contributed by atoms with E-state index in [-0.39, 0.29) is 5.97 Å². The van der Waals surface area contributed by atoms with Crippen LogP contribution < -0.4 is 0 Å². The lowest BCUT2D eigenvalue weighted by Gasteiger charge is -2.03. The third kappa shape index (κ3) is 2.41. The predicted octanol–water partition coefficient (Wildman–Crippen LogP) is 3.65. The molecule has 0 aliphatic carbocycles. The highest BCUT2D eigenvalue weighted by molar-refractivity contribution is 5.90. The van der Waals surface area contributed by atoms with Crippen molar-refractivity contribution in [2.45, 2.75) is 27.2 Å². The van der Waals surface area contributed by atoms with E-state index >= 15 is 0 Å². The van der Waals surface area contributed by atoms with Gasteiger partial charge in [-0.05, 0) is 49.1 Å². The lowest BCUT2D eigenvalue weighted by Crippen LogP contribution is -2.00. The number of nitrogens with one attached hydrogen (secondary N) is 1. The Balaban J connectivity index is 2.40. The zero-order valence-electron chi connectivity index (χ0n) is 11.8. The van der Waals surface area contributed by atoms with Crippen molar-refractivity contribution in [3.8, 4) is 11.3 Å². The first kappa shape index (κ1) is 13.4. The molecule has 100 valence electrons. The van der Waals surface area contributed by atoms with E-state index in [1.807, 2.05) is 12.1 Å². The molecular formula is C16H19NO2. The highest BCUT2D eigenvalue weighted by Gasteiger charge is 2.12. The van der Waals surface area contributed by atoms with Gasteiger partial charge in [-0.25, -0.2) is 4.79 Å². The van der Waals surface area contributed by atoms with Crippen LogP contribution in [0.25, 0.3) is 11.3 Å². The fraction of sp³-hybridized carbons (Fsp3) is 0.312. The Hall–Kier alpha value is -2.03. The van der Waals surface area contributed by atoms with Gasteiger partial charge < -0.3 is 9.72 Å². The Morgan fingerprint density at radius 1 is 1.21 bits per heavy atom.